The van der Waals surface area contributed by atoms with Crippen molar-refractivity contribution in [3.63, 3.8) is 0 Å². The van der Waals surface area contributed by atoms with Gasteiger partial charge in [0.15, 0.2) is 0 Å². The summed E-state index contributed by atoms with van der Waals surface area (Å²) in [5.74, 6) is -0.381. The average Bonchev–Trinajstić information content (AvgIpc) is 2.49. The second kappa shape index (κ2) is 5.34. The molecule has 0 radical (unpaired) electrons. The Labute approximate surface area is 111 Å². The van der Waals surface area contributed by atoms with E-state index in [0.717, 1.165) is 0 Å². The zero-order valence-corrected chi connectivity index (χ0v) is 10.2. The van der Waals surface area contributed by atoms with Crippen LogP contribution in [0.2, 0.25) is 0 Å². The Morgan fingerprint density at radius 2 is 1.58 bits per heavy atom. The van der Waals surface area contributed by atoms with E-state index in [1.807, 2.05) is 18.2 Å². The highest BCUT2D eigenvalue weighted by atomic mass is 16.1. The van der Waals surface area contributed by atoms with E-state index in [0.29, 0.717) is 11.1 Å². The summed E-state index contributed by atoms with van der Waals surface area (Å²) in [6, 6.07) is 19.3. The van der Waals surface area contributed by atoms with Crippen LogP contribution in [0.15, 0.2) is 60.7 Å². The van der Waals surface area contributed by atoms with Crippen LogP contribution >= 0.6 is 0 Å². The minimum Gasteiger partial charge on any atom is -0.318 e. The van der Waals surface area contributed by atoms with Crippen LogP contribution in [-0.4, -0.2) is 5.91 Å². The Hall–Kier alpha value is -2.64. The van der Waals surface area contributed by atoms with Crippen molar-refractivity contribution in [1.29, 1.82) is 5.26 Å². The van der Waals surface area contributed by atoms with Gasteiger partial charge in [-0.2, -0.15) is 5.26 Å². The maximum Gasteiger partial charge on any atom is 0.253 e. The number of hydrogen-bond acceptors (Lipinski definition) is 3. The molecule has 19 heavy (non-hydrogen) atoms. The van der Waals surface area contributed by atoms with Gasteiger partial charge >= 0.3 is 0 Å². The fourth-order valence-corrected chi connectivity index (χ4v) is 1.71. The van der Waals surface area contributed by atoms with E-state index in [1.54, 1.807) is 48.5 Å². The molecule has 1 amide bonds. The number of carbonyl (C=O) groups excluding carboxylic acids is 1. The van der Waals surface area contributed by atoms with Gasteiger partial charge in [-0.15, -0.1) is 0 Å². The monoisotopic (exact) mass is 251 g/mol. The molecule has 0 aliphatic rings. The lowest BCUT2D eigenvalue weighted by atomic mass is 10.0. The van der Waals surface area contributed by atoms with E-state index in [-0.39, 0.29) is 5.91 Å². The molecule has 0 aliphatic carbocycles. The van der Waals surface area contributed by atoms with Crippen molar-refractivity contribution in [2.75, 3.05) is 0 Å². The number of nitrogens with one attached hydrogen (secondary N) is 1. The van der Waals surface area contributed by atoms with Crippen molar-refractivity contribution in [3.05, 3.63) is 71.8 Å². The standard InChI is InChI=1S/C15H13N3O/c16-11-15(17,13-9-5-2-6-10-13)18-14(19)12-7-3-1-4-8-12/h1-10H,17H2,(H,18,19)/t15-/m0/s1. The topological polar surface area (TPSA) is 78.9 Å². The van der Waals surface area contributed by atoms with Gasteiger partial charge < -0.3 is 5.32 Å². The second-order valence-electron chi connectivity index (χ2n) is 4.11. The molecule has 0 saturated heterocycles. The number of nitrogens with two attached hydrogens (primary N) is 1. The van der Waals surface area contributed by atoms with Gasteiger partial charge in [0.05, 0.1) is 0 Å². The highest BCUT2D eigenvalue weighted by Gasteiger charge is 2.29. The van der Waals surface area contributed by atoms with E-state index >= 15 is 0 Å². The first kappa shape index (κ1) is 12.8. The van der Waals surface area contributed by atoms with Gasteiger partial charge in [0.1, 0.15) is 6.07 Å². The first-order chi connectivity index (χ1) is 9.15. The van der Waals surface area contributed by atoms with E-state index in [2.05, 4.69) is 5.32 Å². The molecule has 0 heterocycles. The van der Waals surface area contributed by atoms with Gasteiger partial charge in [-0.05, 0) is 12.1 Å². The summed E-state index contributed by atoms with van der Waals surface area (Å²) in [4.78, 5) is 12.1. The Kier molecular flexibility index (Phi) is 3.60. The first-order valence-electron chi connectivity index (χ1n) is 5.79. The normalized spacial score (nSPS) is 13.1. The molecule has 2 aromatic carbocycles. The fourth-order valence-electron chi connectivity index (χ4n) is 1.71. The van der Waals surface area contributed by atoms with Crippen LogP contribution in [0, 0.1) is 11.3 Å². The maximum absolute atomic E-state index is 12.1. The molecular weight excluding hydrogens is 238 g/mol. The molecule has 0 bridgehead atoms. The van der Waals surface area contributed by atoms with E-state index in [1.165, 1.54) is 0 Å². The summed E-state index contributed by atoms with van der Waals surface area (Å²) in [6.07, 6.45) is 0. The molecule has 0 unspecified atom stereocenters. The molecule has 4 heteroatoms. The van der Waals surface area contributed by atoms with Crippen LogP contribution in [0.5, 0.6) is 0 Å². The van der Waals surface area contributed by atoms with Crippen LogP contribution in [0.4, 0.5) is 0 Å². The number of carbonyl (C=O) groups is 1. The minimum absolute atomic E-state index is 0.381. The van der Waals surface area contributed by atoms with Crippen molar-refractivity contribution in [2.45, 2.75) is 5.66 Å². The molecule has 94 valence electrons. The van der Waals surface area contributed by atoms with Crippen molar-refractivity contribution < 1.29 is 4.79 Å². The van der Waals surface area contributed by atoms with Crippen molar-refractivity contribution in [3.8, 4) is 6.07 Å². The highest BCUT2D eigenvalue weighted by Crippen LogP contribution is 2.14. The molecule has 4 nitrogen and oxygen atoms in total. The van der Waals surface area contributed by atoms with Crippen molar-refractivity contribution in [1.82, 2.24) is 5.32 Å². The van der Waals surface area contributed by atoms with Gasteiger partial charge in [-0.3, -0.25) is 10.5 Å². The third-order valence-corrected chi connectivity index (χ3v) is 2.75. The summed E-state index contributed by atoms with van der Waals surface area (Å²) >= 11 is 0. The zero-order chi connectivity index (χ0) is 13.7. The summed E-state index contributed by atoms with van der Waals surface area (Å²) < 4.78 is 0. The number of rotatable bonds is 3. The summed E-state index contributed by atoms with van der Waals surface area (Å²) in [6.45, 7) is 0. The van der Waals surface area contributed by atoms with Crippen LogP contribution in [-0.2, 0) is 5.66 Å². The number of nitrogens with zero attached hydrogens (tertiary/aromatic N) is 1. The van der Waals surface area contributed by atoms with E-state index < -0.39 is 5.66 Å². The molecule has 0 saturated carbocycles. The van der Waals surface area contributed by atoms with Gasteiger partial charge in [0, 0.05) is 11.1 Å². The smallest absolute Gasteiger partial charge is 0.253 e. The lowest BCUT2D eigenvalue weighted by molar-refractivity contribution is 0.0920. The molecule has 1 atom stereocenters. The van der Waals surface area contributed by atoms with Gasteiger partial charge in [-0.25, -0.2) is 0 Å². The predicted molar refractivity (Wildman–Crippen MR) is 71.8 cm³/mol. The number of amides is 1. The third kappa shape index (κ3) is 2.79. The van der Waals surface area contributed by atoms with Crippen LogP contribution < -0.4 is 11.1 Å². The molecule has 3 N–H and O–H groups in total. The number of hydrogen-bond donors (Lipinski definition) is 2. The molecule has 0 spiro atoms. The Morgan fingerprint density at radius 1 is 1.05 bits per heavy atom. The summed E-state index contributed by atoms with van der Waals surface area (Å²) in [5, 5.41) is 11.8. The minimum atomic E-state index is -1.53. The Morgan fingerprint density at radius 3 is 2.11 bits per heavy atom. The molecule has 0 aliphatic heterocycles. The average molecular weight is 251 g/mol. The number of nitriles is 1. The van der Waals surface area contributed by atoms with Gasteiger partial charge in [0.25, 0.3) is 5.91 Å². The van der Waals surface area contributed by atoms with E-state index in [4.69, 9.17) is 5.73 Å². The molecule has 2 aromatic rings. The summed E-state index contributed by atoms with van der Waals surface area (Å²) in [7, 11) is 0. The molecular formula is C15H13N3O. The second-order valence-corrected chi connectivity index (χ2v) is 4.11. The maximum atomic E-state index is 12.1. The largest absolute Gasteiger partial charge is 0.318 e. The SMILES string of the molecule is N#C[C@](N)(NC(=O)c1ccccc1)c1ccccc1. The molecule has 0 fully saturated rings. The molecule has 0 aromatic heterocycles. The quantitative estimate of drug-likeness (QED) is 0.816. The third-order valence-electron chi connectivity index (χ3n) is 2.75. The van der Waals surface area contributed by atoms with Gasteiger partial charge in [0.2, 0.25) is 5.66 Å². The Balaban J connectivity index is 2.26. The fraction of sp³-hybridized carbons (Fsp3) is 0.0667. The van der Waals surface area contributed by atoms with Crippen molar-refractivity contribution in [2.24, 2.45) is 5.73 Å². The van der Waals surface area contributed by atoms with Crippen LogP contribution in [0.1, 0.15) is 15.9 Å². The Bertz CT molecular complexity index is 604. The molecule has 2 rings (SSSR count). The lowest BCUT2D eigenvalue weighted by Crippen LogP contribution is -2.52. The highest BCUT2D eigenvalue weighted by molar-refractivity contribution is 5.94. The zero-order valence-electron chi connectivity index (χ0n) is 10.2. The first-order valence-corrected chi connectivity index (χ1v) is 5.79. The van der Waals surface area contributed by atoms with Crippen LogP contribution in [0.3, 0.4) is 0 Å². The van der Waals surface area contributed by atoms with Crippen molar-refractivity contribution >= 4 is 5.91 Å². The van der Waals surface area contributed by atoms with Crippen LogP contribution in [0.25, 0.3) is 0 Å². The van der Waals surface area contributed by atoms with Gasteiger partial charge in [-0.1, -0.05) is 48.5 Å². The number of benzene rings is 2. The summed E-state index contributed by atoms with van der Waals surface area (Å²) in [5.41, 5.74) is 5.44. The predicted octanol–water partition coefficient (Wildman–Crippen LogP) is 1.75. The lowest BCUT2D eigenvalue weighted by Gasteiger charge is -2.23. The van der Waals surface area contributed by atoms with E-state index in [9.17, 15) is 10.1 Å².